The Hall–Kier alpha value is -1.93. The second-order valence-corrected chi connectivity index (χ2v) is 5.89. The van der Waals surface area contributed by atoms with Crippen molar-refractivity contribution in [1.29, 1.82) is 0 Å². The van der Waals surface area contributed by atoms with E-state index in [2.05, 4.69) is 43.4 Å². The molecule has 0 unspecified atom stereocenters. The summed E-state index contributed by atoms with van der Waals surface area (Å²) in [6, 6.07) is 12.4. The first-order valence-electron chi connectivity index (χ1n) is 7.56. The first-order valence-corrected chi connectivity index (χ1v) is 7.56. The molecule has 0 bridgehead atoms. The van der Waals surface area contributed by atoms with Crippen LogP contribution in [0.15, 0.2) is 36.4 Å². The minimum absolute atomic E-state index is 0.233. The second-order valence-electron chi connectivity index (χ2n) is 5.89. The predicted molar refractivity (Wildman–Crippen MR) is 85.8 cm³/mol. The Morgan fingerprint density at radius 2 is 2.00 bits per heavy atom. The number of carbonyl (C=O) groups is 1. The average Bonchev–Trinajstić information content (AvgIpc) is 2.50. The molecule has 0 aromatic heterocycles. The average molecular weight is 279 g/mol. The Bertz CT molecular complexity index is 688. The van der Waals surface area contributed by atoms with Crippen molar-refractivity contribution in [3.8, 4) is 0 Å². The lowest BCUT2D eigenvalue weighted by Gasteiger charge is -2.19. The minimum atomic E-state index is 0.233. The molecule has 3 rings (SSSR count). The molecule has 1 N–H and O–H groups in total. The van der Waals surface area contributed by atoms with E-state index in [0.717, 1.165) is 30.6 Å². The number of ketones is 1. The summed E-state index contributed by atoms with van der Waals surface area (Å²) in [7, 11) is 0. The Balaban J connectivity index is 1.87. The van der Waals surface area contributed by atoms with Gasteiger partial charge in [-0.1, -0.05) is 36.4 Å². The second kappa shape index (κ2) is 5.82. The van der Waals surface area contributed by atoms with Crippen LogP contribution in [0, 0.1) is 13.8 Å². The molecule has 1 heterocycles. The molecule has 1 aliphatic heterocycles. The Morgan fingerprint density at radius 3 is 2.81 bits per heavy atom. The van der Waals surface area contributed by atoms with Crippen LogP contribution in [0.2, 0.25) is 0 Å². The highest BCUT2D eigenvalue weighted by Crippen LogP contribution is 2.21. The monoisotopic (exact) mass is 279 g/mol. The molecular weight excluding hydrogens is 258 g/mol. The van der Waals surface area contributed by atoms with Crippen LogP contribution in [0.4, 0.5) is 0 Å². The maximum Gasteiger partial charge on any atom is 0.167 e. The topological polar surface area (TPSA) is 29.1 Å². The first-order chi connectivity index (χ1) is 10.1. The summed E-state index contributed by atoms with van der Waals surface area (Å²) in [6.45, 7) is 6.03. The normalized spacial score (nSPS) is 13.8. The van der Waals surface area contributed by atoms with E-state index in [4.69, 9.17) is 0 Å². The van der Waals surface area contributed by atoms with Gasteiger partial charge in [-0.15, -0.1) is 0 Å². The zero-order valence-corrected chi connectivity index (χ0v) is 12.7. The lowest BCUT2D eigenvalue weighted by Crippen LogP contribution is -2.25. The summed E-state index contributed by atoms with van der Waals surface area (Å²) >= 11 is 0. The highest BCUT2D eigenvalue weighted by molar-refractivity contribution is 5.99. The van der Waals surface area contributed by atoms with Crippen molar-refractivity contribution in [3.63, 3.8) is 0 Å². The van der Waals surface area contributed by atoms with E-state index < -0.39 is 0 Å². The highest BCUT2D eigenvalue weighted by atomic mass is 16.1. The first kappa shape index (κ1) is 14.0. The fraction of sp³-hybridized carbons (Fsp3) is 0.316. The lowest BCUT2D eigenvalue weighted by molar-refractivity contribution is 0.0992. The molecule has 0 aliphatic carbocycles. The number of hydrogen-bond acceptors (Lipinski definition) is 2. The van der Waals surface area contributed by atoms with Gasteiger partial charge in [0.05, 0.1) is 0 Å². The summed E-state index contributed by atoms with van der Waals surface area (Å²) in [5, 5.41) is 3.36. The molecule has 1 aliphatic rings. The van der Waals surface area contributed by atoms with Crippen molar-refractivity contribution >= 4 is 5.78 Å². The minimum Gasteiger partial charge on any atom is -0.312 e. The molecule has 0 atom stereocenters. The number of hydrogen-bond donors (Lipinski definition) is 1. The summed E-state index contributed by atoms with van der Waals surface area (Å²) in [5.74, 6) is 0.233. The van der Waals surface area contributed by atoms with Gasteiger partial charge in [-0.2, -0.15) is 0 Å². The molecule has 108 valence electrons. The third-order valence-electron chi connectivity index (χ3n) is 4.38. The molecule has 2 aromatic carbocycles. The Morgan fingerprint density at radius 1 is 1.14 bits per heavy atom. The lowest BCUT2D eigenvalue weighted by atomic mass is 9.91. The molecule has 0 radical (unpaired) electrons. The van der Waals surface area contributed by atoms with Crippen LogP contribution >= 0.6 is 0 Å². The van der Waals surface area contributed by atoms with Crippen LogP contribution in [0.3, 0.4) is 0 Å². The van der Waals surface area contributed by atoms with Crippen LogP contribution in [-0.4, -0.2) is 12.3 Å². The molecule has 21 heavy (non-hydrogen) atoms. The number of nitrogens with one attached hydrogen (secondary N) is 1. The van der Waals surface area contributed by atoms with Gasteiger partial charge in [0.15, 0.2) is 5.78 Å². The molecule has 0 saturated carbocycles. The van der Waals surface area contributed by atoms with Crippen molar-refractivity contribution in [2.45, 2.75) is 33.2 Å². The third kappa shape index (κ3) is 2.91. The largest absolute Gasteiger partial charge is 0.312 e. The molecule has 2 aromatic rings. The van der Waals surface area contributed by atoms with E-state index in [0.29, 0.717) is 6.42 Å². The molecule has 2 heteroatoms. The number of carbonyl (C=O) groups excluding carboxylic acids is 1. The van der Waals surface area contributed by atoms with Crippen molar-refractivity contribution in [1.82, 2.24) is 5.32 Å². The van der Waals surface area contributed by atoms with Gasteiger partial charge in [-0.3, -0.25) is 4.79 Å². The maximum atomic E-state index is 12.7. The van der Waals surface area contributed by atoms with E-state index in [1.807, 2.05) is 12.1 Å². The van der Waals surface area contributed by atoms with E-state index in [-0.39, 0.29) is 5.78 Å². The van der Waals surface area contributed by atoms with Gasteiger partial charge in [0, 0.05) is 18.5 Å². The zero-order valence-electron chi connectivity index (χ0n) is 12.7. The standard InChI is InChI=1S/C19H21NO/c1-13-6-7-15(10-14(13)2)11-19(21)18-5-3-4-16-12-20-9-8-17(16)18/h3-7,10,20H,8-9,11-12H2,1-2H3. The smallest absolute Gasteiger partial charge is 0.167 e. The van der Waals surface area contributed by atoms with E-state index in [1.165, 1.54) is 22.3 Å². The summed E-state index contributed by atoms with van der Waals surface area (Å²) in [4.78, 5) is 12.7. The summed E-state index contributed by atoms with van der Waals surface area (Å²) in [6.07, 6.45) is 1.44. The molecule has 0 fully saturated rings. The van der Waals surface area contributed by atoms with Crippen LogP contribution < -0.4 is 5.32 Å². The fourth-order valence-corrected chi connectivity index (χ4v) is 2.99. The molecule has 0 amide bonds. The predicted octanol–water partition coefficient (Wildman–Crippen LogP) is 3.37. The maximum absolute atomic E-state index is 12.7. The molecular formula is C19H21NO. The van der Waals surface area contributed by atoms with Gasteiger partial charge in [-0.25, -0.2) is 0 Å². The summed E-state index contributed by atoms with van der Waals surface area (Å²) < 4.78 is 0. The fourth-order valence-electron chi connectivity index (χ4n) is 2.99. The van der Waals surface area contributed by atoms with Crippen LogP contribution in [-0.2, 0) is 19.4 Å². The number of fused-ring (bicyclic) bond motifs is 1. The van der Waals surface area contributed by atoms with Crippen molar-refractivity contribution in [2.24, 2.45) is 0 Å². The van der Waals surface area contributed by atoms with Crippen molar-refractivity contribution < 1.29 is 4.79 Å². The van der Waals surface area contributed by atoms with Crippen molar-refractivity contribution in [3.05, 3.63) is 69.8 Å². The number of Topliss-reactive ketones (excluding diaryl/α,β-unsaturated/α-hetero) is 1. The number of benzene rings is 2. The molecule has 0 spiro atoms. The van der Waals surface area contributed by atoms with Gasteiger partial charge in [-0.05, 0) is 54.6 Å². The van der Waals surface area contributed by atoms with Crippen molar-refractivity contribution in [2.75, 3.05) is 6.54 Å². The van der Waals surface area contributed by atoms with Gasteiger partial charge in [0.1, 0.15) is 0 Å². The SMILES string of the molecule is Cc1ccc(CC(=O)c2cccc3c2CCNC3)cc1C. The number of aryl methyl sites for hydroxylation is 2. The molecule has 2 nitrogen and oxygen atoms in total. The zero-order chi connectivity index (χ0) is 14.8. The summed E-state index contributed by atoms with van der Waals surface area (Å²) in [5.41, 5.74) is 7.05. The van der Waals surface area contributed by atoms with E-state index in [1.54, 1.807) is 0 Å². The van der Waals surface area contributed by atoms with Gasteiger partial charge >= 0.3 is 0 Å². The Labute approximate surface area is 126 Å². The van der Waals surface area contributed by atoms with Gasteiger partial charge in [0.25, 0.3) is 0 Å². The van der Waals surface area contributed by atoms with Crippen LogP contribution in [0.25, 0.3) is 0 Å². The molecule has 0 saturated heterocycles. The van der Waals surface area contributed by atoms with E-state index >= 15 is 0 Å². The van der Waals surface area contributed by atoms with Crippen LogP contribution in [0.1, 0.15) is 38.2 Å². The quantitative estimate of drug-likeness (QED) is 0.873. The Kier molecular flexibility index (Phi) is 3.89. The highest BCUT2D eigenvalue weighted by Gasteiger charge is 2.17. The third-order valence-corrected chi connectivity index (χ3v) is 4.38. The van der Waals surface area contributed by atoms with Gasteiger partial charge in [0.2, 0.25) is 0 Å². The van der Waals surface area contributed by atoms with Gasteiger partial charge < -0.3 is 5.32 Å². The van der Waals surface area contributed by atoms with E-state index in [9.17, 15) is 4.79 Å². The van der Waals surface area contributed by atoms with Crippen LogP contribution in [0.5, 0.6) is 0 Å². The number of rotatable bonds is 3.